The molecule has 0 spiro atoms. The summed E-state index contributed by atoms with van der Waals surface area (Å²) >= 11 is 0. The lowest BCUT2D eigenvalue weighted by Crippen LogP contribution is -2.59. The first-order chi connectivity index (χ1) is 19.0. The van der Waals surface area contributed by atoms with Crippen LogP contribution in [0.15, 0.2) is 54.6 Å². The number of hydrogen-bond donors (Lipinski definition) is 6. The molecule has 14 heteroatoms. The Bertz CT molecular complexity index is 1210. The van der Waals surface area contributed by atoms with Gasteiger partial charge in [0.2, 0.25) is 11.8 Å². The van der Waals surface area contributed by atoms with Gasteiger partial charge < -0.3 is 27.3 Å². The molecule has 0 radical (unpaired) electrons. The molecule has 9 N–H and O–H groups in total. The molecule has 0 aliphatic carbocycles. The fourth-order valence-corrected chi connectivity index (χ4v) is 4.84. The number of nitrogens with zero attached hydrogens (tertiary/aromatic N) is 1. The van der Waals surface area contributed by atoms with Crippen molar-refractivity contribution in [3.05, 3.63) is 65.7 Å². The Kier molecular flexibility index (Phi) is 13.0. The zero-order valence-electron chi connectivity index (χ0n) is 22.7. The fraction of sp³-hybridized carbons (Fsp3) is 0.423. The first kappa shape index (κ1) is 32.7. The standard InChI is InChI=1S/C26H39N7O6S/c1-18(28)25(35)31-33(17-20-11-13-21(39-2)14-12-20)40(37,38)32-23(16-19-8-4-3-5-9-19)26(36)30-22(24(29)34)10-6-7-15-27/h3-5,8-9,11-14,18,22-23,32H,6-7,10,15-17,27-28H2,1-2H3,(H2,29,34)(H,30,36)(H,31,35)/t18-,22-,23+/m0/s1. The monoisotopic (exact) mass is 577 g/mol. The van der Waals surface area contributed by atoms with E-state index in [1.54, 1.807) is 54.6 Å². The zero-order chi connectivity index (χ0) is 29.7. The van der Waals surface area contributed by atoms with Gasteiger partial charge in [-0.05, 0) is 62.4 Å². The molecule has 0 saturated carbocycles. The summed E-state index contributed by atoms with van der Waals surface area (Å²) in [4.78, 5) is 37.8. The molecule has 0 fully saturated rings. The van der Waals surface area contributed by atoms with Crippen LogP contribution < -0.4 is 37.4 Å². The van der Waals surface area contributed by atoms with Gasteiger partial charge in [0.25, 0.3) is 16.1 Å². The zero-order valence-corrected chi connectivity index (χ0v) is 23.5. The van der Waals surface area contributed by atoms with Crippen LogP contribution in [0.3, 0.4) is 0 Å². The van der Waals surface area contributed by atoms with Crippen LogP contribution in [0.2, 0.25) is 0 Å². The van der Waals surface area contributed by atoms with Gasteiger partial charge in [0, 0.05) is 0 Å². The van der Waals surface area contributed by atoms with E-state index in [0.29, 0.717) is 40.7 Å². The third-order valence-corrected chi connectivity index (χ3v) is 7.30. The van der Waals surface area contributed by atoms with Gasteiger partial charge in [-0.2, -0.15) is 13.1 Å². The molecule has 220 valence electrons. The predicted octanol–water partition coefficient (Wildman–Crippen LogP) is -0.580. The summed E-state index contributed by atoms with van der Waals surface area (Å²) in [7, 11) is -3.04. The first-order valence-corrected chi connectivity index (χ1v) is 14.2. The quantitative estimate of drug-likeness (QED) is 0.105. The highest BCUT2D eigenvalue weighted by Crippen LogP contribution is 2.15. The number of amides is 3. The van der Waals surface area contributed by atoms with Crippen molar-refractivity contribution in [3.8, 4) is 5.75 Å². The van der Waals surface area contributed by atoms with Gasteiger partial charge in [-0.15, -0.1) is 0 Å². The van der Waals surface area contributed by atoms with E-state index in [0.717, 1.165) is 0 Å². The van der Waals surface area contributed by atoms with Crippen LogP contribution in [-0.2, 0) is 37.6 Å². The van der Waals surface area contributed by atoms with Crippen molar-refractivity contribution in [2.45, 2.75) is 57.3 Å². The SMILES string of the molecule is COc1ccc(CN(NC(=O)[C@H](C)N)S(=O)(=O)N[C@H](Cc2ccccc2)C(=O)N[C@@H](CCCCN)C(N)=O)cc1. The topological polar surface area (TPSA) is 212 Å². The molecule has 40 heavy (non-hydrogen) atoms. The summed E-state index contributed by atoms with van der Waals surface area (Å²) in [5.74, 6) is -1.70. The number of hydrazine groups is 1. The largest absolute Gasteiger partial charge is 0.497 e. The van der Waals surface area contributed by atoms with Crippen LogP contribution in [0.5, 0.6) is 5.75 Å². The molecule has 13 nitrogen and oxygen atoms in total. The van der Waals surface area contributed by atoms with Gasteiger partial charge in [0.05, 0.1) is 19.7 Å². The van der Waals surface area contributed by atoms with E-state index in [1.807, 2.05) is 0 Å². The highest BCUT2D eigenvalue weighted by molar-refractivity contribution is 7.87. The number of ether oxygens (including phenoxy) is 1. The van der Waals surface area contributed by atoms with Crippen molar-refractivity contribution in [3.63, 3.8) is 0 Å². The molecule has 3 amide bonds. The number of carbonyl (C=O) groups excluding carboxylic acids is 3. The maximum Gasteiger partial charge on any atom is 0.297 e. The van der Waals surface area contributed by atoms with E-state index in [-0.39, 0.29) is 19.4 Å². The summed E-state index contributed by atoms with van der Waals surface area (Å²) in [6, 6.07) is 11.9. The highest BCUT2D eigenvalue weighted by atomic mass is 32.2. The molecule has 0 saturated heterocycles. The number of nitrogens with two attached hydrogens (primary N) is 3. The third kappa shape index (κ3) is 10.5. The number of nitrogens with one attached hydrogen (secondary N) is 3. The average molecular weight is 578 g/mol. The second kappa shape index (κ2) is 15.9. The molecule has 0 aliphatic rings. The number of primary amides is 1. The van der Waals surface area contributed by atoms with E-state index in [2.05, 4.69) is 15.5 Å². The Labute approximate surface area is 234 Å². The van der Waals surface area contributed by atoms with Crippen molar-refractivity contribution >= 4 is 27.9 Å². The second-order valence-electron chi connectivity index (χ2n) is 9.23. The molecular formula is C26H39N7O6S. The van der Waals surface area contributed by atoms with E-state index >= 15 is 0 Å². The van der Waals surface area contributed by atoms with Crippen molar-refractivity contribution in [1.82, 2.24) is 19.9 Å². The summed E-state index contributed by atoms with van der Waals surface area (Å²) in [5, 5.41) is 2.56. The molecule has 0 bridgehead atoms. The minimum absolute atomic E-state index is 0.0439. The van der Waals surface area contributed by atoms with Crippen molar-refractivity contribution < 1.29 is 27.5 Å². The predicted molar refractivity (Wildman–Crippen MR) is 150 cm³/mol. The van der Waals surface area contributed by atoms with Crippen LogP contribution in [0.1, 0.15) is 37.3 Å². The number of methoxy groups -OCH3 is 1. The van der Waals surface area contributed by atoms with E-state index in [1.165, 1.54) is 14.0 Å². The molecule has 0 aromatic heterocycles. The van der Waals surface area contributed by atoms with Gasteiger partial charge in [-0.3, -0.25) is 19.8 Å². The normalized spacial score (nSPS) is 13.7. The lowest BCUT2D eigenvalue weighted by molar-refractivity contribution is -0.128. The maximum atomic E-state index is 13.6. The number of carbonyl (C=O) groups is 3. The summed E-state index contributed by atoms with van der Waals surface area (Å²) in [6.07, 6.45) is 1.37. The lowest BCUT2D eigenvalue weighted by Gasteiger charge is -2.27. The van der Waals surface area contributed by atoms with Crippen LogP contribution in [0, 0.1) is 0 Å². The van der Waals surface area contributed by atoms with Gasteiger partial charge in [-0.25, -0.2) is 0 Å². The van der Waals surface area contributed by atoms with Gasteiger partial charge >= 0.3 is 0 Å². The highest BCUT2D eigenvalue weighted by Gasteiger charge is 2.32. The van der Waals surface area contributed by atoms with Crippen molar-refractivity contribution in [2.24, 2.45) is 17.2 Å². The van der Waals surface area contributed by atoms with Crippen LogP contribution in [0.25, 0.3) is 0 Å². The van der Waals surface area contributed by atoms with E-state index in [4.69, 9.17) is 21.9 Å². The number of hydrogen-bond acceptors (Lipinski definition) is 8. The molecule has 0 aliphatic heterocycles. The van der Waals surface area contributed by atoms with Crippen molar-refractivity contribution in [1.29, 1.82) is 0 Å². The molecule has 2 aromatic carbocycles. The summed E-state index contributed by atoms with van der Waals surface area (Å²) in [6.45, 7) is 1.54. The molecule has 0 heterocycles. The number of benzene rings is 2. The Balaban J connectivity index is 2.36. The Morgan fingerprint density at radius 3 is 2.15 bits per heavy atom. The van der Waals surface area contributed by atoms with Crippen LogP contribution >= 0.6 is 0 Å². The van der Waals surface area contributed by atoms with Crippen molar-refractivity contribution in [2.75, 3.05) is 13.7 Å². The van der Waals surface area contributed by atoms with Gasteiger partial charge in [-0.1, -0.05) is 46.9 Å². The fourth-order valence-electron chi connectivity index (χ4n) is 3.64. The van der Waals surface area contributed by atoms with E-state index < -0.39 is 46.1 Å². The Hall–Kier alpha value is -3.56. The minimum atomic E-state index is -4.54. The first-order valence-electron chi connectivity index (χ1n) is 12.8. The Morgan fingerprint density at radius 2 is 1.60 bits per heavy atom. The molecule has 0 unspecified atom stereocenters. The number of rotatable bonds is 17. The van der Waals surface area contributed by atoms with Crippen LogP contribution in [-0.4, -0.2) is 62.3 Å². The van der Waals surface area contributed by atoms with Crippen LogP contribution in [0.4, 0.5) is 0 Å². The molecule has 2 aromatic rings. The third-order valence-electron chi connectivity index (χ3n) is 5.92. The maximum absolute atomic E-state index is 13.6. The lowest BCUT2D eigenvalue weighted by atomic mass is 10.0. The molecule has 2 rings (SSSR count). The second-order valence-corrected chi connectivity index (χ2v) is 10.9. The minimum Gasteiger partial charge on any atom is -0.497 e. The smallest absolute Gasteiger partial charge is 0.297 e. The van der Waals surface area contributed by atoms with Gasteiger partial charge in [0.1, 0.15) is 17.8 Å². The molecule has 3 atom stereocenters. The average Bonchev–Trinajstić information content (AvgIpc) is 2.92. The number of unbranched alkanes of at least 4 members (excludes halogenated alkanes) is 1. The summed E-state index contributed by atoms with van der Waals surface area (Å²) in [5.41, 5.74) is 20.1. The van der Waals surface area contributed by atoms with Gasteiger partial charge in [0.15, 0.2) is 0 Å². The van der Waals surface area contributed by atoms with E-state index in [9.17, 15) is 22.8 Å². The molecular weight excluding hydrogens is 538 g/mol. The summed E-state index contributed by atoms with van der Waals surface area (Å²) < 4.78 is 35.4. The Morgan fingerprint density at radius 1 is 0.950 bits per heavy atom.